The maximum atomic E-state index is 13.6. The third-order valence-electron chi connectivity index (χ3n) is 5.75. The van der Waals surface area contributed by atoms with Gasteiger partial charge in [0.15, 0.2) is 0 Å². The minimum Gasteiger partial charge on any atom is -0.480 e. The lowest BCUT2D eigenvalue weighted by Gasteiger charge is -2.22. The lowest BCUT2D eigenvalue weighted by molar-refractivity contribution is 0.0845. The number of aromatic amines is 1. The van der Waals surface area contributed by atoms with Crippen LogP contribution >= 0.6 is 0 Å². The monoisotopic (exact) mass is 434 g/mol. The highest BCUT2D eigenvalue weighted by Crippen LogP contribution is 2.35. The molecule has 32 heavy (non-hydrogen) atoms. The van der Waals surface area contributed by atoms with Crippen LogP contribution in [0, 0.1) is 12.9 Å². The van der Waals surface area contributed by atoms with Gasteiger partial charge in [-0.3, -0.25) is 4.98 Å². The lowest BCUT2D eigenvalue weighted by atomic mass is 9.95. The molecule has 0 aliphatic carbocycles. The van der Waals surface area contributed by atoms with Gasteiger partial charge in [0.1, 0.15) is 5.65 Å². The van der Waals surface area contributed by atoms with Gasteiger partial charge in [0, 0.05) is 48.8 Å². The zero-order valence-electron chi connectivity index (χ0n) is 17.9. The molecule has 4 aromatic rings. The summed E-state index contributed by atoms with van der Waals surface area (Å²) in [4.78, 5) is 20.5. The summed E-state index contributed by atoms with van der Waals surface area (Å²) in [6.45, 7) is 3.60. The molecule has 164 valence electrons. The van der Waals surface area contributed by atoms with Crippen LogP contribution in [0.5, 0.6) is 5.88 Å². The number of aromatic nitrogens is 5. The number of nitrogens with zero attached hydrogens (tertiary/aromatic N) is 4. The number of fused-ring (bicyclic) bond motifs is 1. The Labute approximate surface area is 184 Å². The van der Waals surface area contributed by atoms with Crippen LogP contribution in [-0.2, 0) is 4.74 Å². The first-order valence-electron chi connectivity index (χ1n) is 10.5. The fraction of sp³-hybridized carbons (Fsp3) is 0.304. The summed E-state index contributed by atoms with van der Waals surface area (Å²) < 4.78 is 24.6. The minimum absolute atomic E-state index is 0.382. The van der Waals surface area contributed by atoms with Gasteiger partial charge >= 0.3 is 0 Å². The van der Waals surface area contributed by atoms with Gasteiger partial charge in [-0.15, -0.1) is 0 Å². The highest BCUT2D eigenvalue weighted by Gasteiger charge is 2.19. The lowest BCUT2D eigenvalue weighted by Crippen LogP contribution is -2.15. The van der Waals surface area contributed by atoms with Gasteiger partial charge in [-0.2, -0.15) is 14.4 Å². The fourth-order valence-electron chi connectivity index (χ4n) is 4.05. The number of pyridine rings is 2. The van der Waals surface area contributed by atoms with Crippen LogP contribution in [0.2, 0.25) is 0 Å². The molecule has 1 aliphatic heterocycles. The maximum absolute atomic E-state index is 13.6. The number of aryl methyl sites for hydroxylation is 1. The van der Waals surface area contributed by atoms with Crippen molar-refractivity contribution in [2.75, 3.05) is 25.6 Å². The molecule has 0 atom stereocenters. The average molecular weight is 434 g/mol. The summed E-state index contributed by atoms with van der Waals surface area (Å²) in [6.07, 6.45) is 6.99. The van der Waals surface area contributed by atoms with Crippen molar-refractivity contribution in [2.45, 2.75) is 25.7 Å². The second-order valence-corrected chi connectivity index (χ2v) is 7.79. The normalized spacial score (nSPS) is 14.6. The largest absolute Gasteiger partial charge is 0.480 e. The van der Waals surface area contributed by atoms with E-state index < -0.39 is 5.95 Å². The summed E-state index contributed by atoms with van der Waals surface area (Å²) in [6, 6.07) is 5.20. The molecule has 0 amide bonds. The first-order valence-corrected chi connectivity index (χ1v) is 10.5. The van der Waals surface area contributed by atoms with E-state index in [4.69, 9.17) is 9.47 Å². The number of anilines is 2. The van der Waals surface area contributed by atoms with E-state index in [0.29, 0.717) is 34.3 Å². The van der Waals surface area contributed by atoms with E-state index in [1.54, 1.807) is 19.4 Å². The van der Waals surface area contributed by atoms with Crippen LogP contribution in [0.1, 0.15) is 30.0 Å². The number of rotatable bonds is 5. The third-order valence-corrected chi connectivity index (χ3v) is 5.75. The van der Waals surface area contributed by atoms with E-state index in [-0.39, 0.29) is 0 Å². The molecule has 1 saturated heterocycles. The number of halogens is 1. The minimum atomic E-state index is -0.554. The quantitative estimate of drug-likeness (QED) is 0.446. The fourth-order valence-corrected chi connectivity index (χ4v) is 4.05. The van der Waals surface area contributed by atoms with Crippen molar-refractivity contribution in [2.24, 2.45) is 0 Å². The molecule has 0 saturated carbocycles. The standard InChI is InChI=1S/C23H23FN6O2/c1-13-9-17(14-4-7-32-8-5-14)26-12-18(13)28-23-29-21-20(22(30-23)31-2)16(11-27-21)15-3-6-25-19(24)10-15/h3,6,9-12,14H,4-5,7-8H2,1-2H3,(H2,27,28,29,30). The van der Waals surface area contributed by atoms with Crippen LogP contribution < -0.4 is 10.1 Å². The molecule has 9 heteroatoms. The Hall–Kier alpha value is -3.59. The van der Waals surface area contributed by atoms with Crippen LogP contribution in [0.3, 0.4) is 0 Å². The first-order chi connectivity index (χ1) is 15.6. The molecule has 0 unspecified atom stereocenters. The Bertz CT molecular complexity index is 1270. The zero-order chi connectivity index (χ0) is 22.1. The third kappa shape index (κ3) is 3.87. The average Bonchev–Trinajstić information content (AvgIpc) is 3.24. The van der Waals surface area contributed by atoms with E-state index in [1.165, 1.54) is 12.3 Å². The predicted molar refractivity (Wildman–Crippen MR) is 119 cm³/mol. The summed E-state index contributed by atoms with van der Waals surface area (Å²) >= 11 is 0. The number of ether oxygens (including phenoxy) is 2. The number of H-pyrrole nitrogens is 1. The van der Waals surface area contributed by atoms with Crippen molar-refractivity contribution in [3.05, 3.63) is 54.0 Å². The summed E-state index contributed by atoms with van der Waals surface area (Å²) in [7, 11) is 1.55. The van der Waals surface area contributed by atoms with Crippen molar-refractivity contribution in [3.8, 4) is 17.0 Å². The molecule has 4 aromatic heterocycles. The Balaban J connectivity index is 1.46. The van der Waals surface area contributed by atoms with E-state index in [2.05, 4.69) is 36.3 Å². The highest BCUT2D eigenvalue weighted by atomic mass is 19.1. The van der Waals surface area contributed by atoms with Crippen molar-refractivity contribution < 1.29 is 13.9 Å². The predicted octanol–water partition coefficient (Wildman–Crippen LogP) is 4.51. The van der Waals surface area contributed by atoms with Crippen molar-refractivity contribution in [1.82, 2.24) is 24.9 Å². The molecule has 0 aromatic carbocycles. The molecular weight excluding hydrogens is 411 g/mol. The highest BCUT2D eigenvalue weighted by molar-refractivity contribution is 5.97. The molecule has 0 spiro atoms. The summed E-state index contributed by atoms with van der Waals surface area (Å²) in [5, 5.41) is 3.92. The Morgan fingerprint density at radius 3 is 2.78 bits per heavy atom. The van der Waals surface area contributed by atoms with Gasteiger partial charge in [-0.05, 0) is 43.0 Å². The van der Waals surface area contributed by atoms with Gasteiger partial charge in [0.2, 0.25) is 17.8 Å². The molecule has 8 nitrogen and oxygen atoms in total. The number of hydrogen-bond acceptors (Lipinski definition) is 7. The Morgan fingerprint density at radius 2 is 2.03 bits per heavy atom. The van der Waals surface area contributed by atoms with Crippen LogP contribution in [0.25, 0.3) is 22.2 Å². The van der Waals surface area contributed by atoms with Crippen LogP contribution in [0.4, 0.5) is 16.0 Å². The number of nitrogens with one attached hydrogen (secondary N) is 2. The van der Waals surface area contributed by atoms with Gasteiger partial charge in [0.05, 0.1) is 24.4 Å². The number of hydrogen-bond donors (Lipinski definition) is 2. The van der Waals surface area contributed by atoms with E-state index in [0.717, 1.165) is 48.6 Å². The van der Waals surface area contributed by atoms with Gasteiger partial charge in [-0.1, -0.05) is 0 Å². The summed E-state index contributed by atoms with van der Waals surface area (Å²) in [5.74, 6) is 0.643. The van der Waals surface area contributed by atoms with Crippen LogP contribution in [0.15, 0.2) is 36.8 Å². The SMILES string of the molecule is COc1nc(Nc2cnc(C3CCOCC3)cc2C)nc2[nH]cc(-c3ccnc(F)c3)c12. The maximum Gasteiger partial charge on any atom is 0.232 e. The topological polar surface area (TPSA) is 97.8 Å². The molecule has 0 radical (unpaired) electrons. The second-order valence-electron chi connectivity index (χ2n) is 7.79. The first kappa shape index (κ1) is 20.3. The Morgan fingerprint density at radius 1 is 1.19 bits per heavy atom. The van der Waals surface area contributed by atoms with E-state index in [9.17, 15) is 4.39 Å². The molecule has 1 aliphatic rings. The van der Waals surface area contributed by atoms with E-state index in [1.807, 2.05) is 13.1 Å². The Kier molecular flexibility index (Phi) is 5.40. The molecule has 0 bridgehead atoms. The molecular formula is C23H23FN6O2. The molecule has 5 rings (SSSR count). The van der Waals surface area contributed by atoms with Gasteiger partial charge in [0.25, 0.3) is 0 Å². The number of methoxy groups -OCH3 is 1. The zero-order valence-corrected chi connectivity index (χ0v) is 17.9. The second kappa shape index (κ2) is 8.51. The van der Waals surface area contributed by atoms with Crippen molar-refractivity contribution >= 4 is 22.7 Å². The van der Waals surface area contributed by atoms with Crippen LogP contribution in [-0.4, -0.2) is 45.2 Å². The summed E-state index contributed by atoms with van der Waals surface area (Å²) in [5.41, 5.74) is 4.95. The van der Waals surface area contributed by atoms with Gasteiger partial charge in [-0.25, -0.2) is 4.98 Å². The molecule has 5 heterocycles. The van der Waals surface area contributed by atoms with Crippen molar-refractivity contribution in [1.29, 1.82) is 0 Å². The molecule has 1 fully saturated rings. The molecule has 2 N–H and O–H groups in total. The van der Waals surface area contributed by atoms with Crippen molar-refractivity contribution in [3.63, 3.8) is 0 Å². The smallest absolute Gasteiger partial charge is 0.232 e. The van der Waals surface area contributed by atoms with Gasteiger partial charge < -0.3 is 19.8 Å². The van der Waals surface area contributed by atoms with E-state index >= 15 is 0 Å².